The predicted octanol–water partition coefficient (Wildman–Crippen LogP) is 0.873. The lowest BCUT2D eigenvalue weighted by Gasteiger charge is -2.28. The molecule has 0 aromatic heterocycles. The van der Waals surface area contributed by atoms with Gasteiger partial charge in [0.15, 0.2) is 0 Å². The number of rotatable bonds is 2. The zero-order valence-corrected chi connectivity index (χ0v) is 9.85. The van der Waals surface area contributed by atoms with Gasteiger partial charge in [-0.25, -0.2) is 0 Å². The second-order valence-electron chi connectivity index (χ2n) is 4.30. The fourth-order valence-electron chi connectivity index (χ4n) is 2.24. The fourth-order valence-corrected chi connectivity index (χ4v) is 2.24. The topological polar surface area (TPSA) is 36.9 Å². The molecule has 2 aliphatic rings. The third-order valence-corrected chi connectivity index (χ3v) is 3.19. The van der Waals surface area contributed by atoms with Crippen molar-refractivity contribution in [3.05, 3.63) is 29.8 Å². The van der Waals surface area contributed by atoms with Crippen molar-refractivity contribution in [1.29, 1.82) is 0 Å². The number of amidine groups is 1. The van der Waals surface area contributed by atoms with Gasteiger partial charge < -0.3 is 15.0 Å². The molecule has 1 N–H and O–H groups in total. The lowest BCUT2D eigenvalue weighted by atomic mass is 10.1. The Kier molecular flexibility index (Phi) is 2.96. The Hall–Kier alpha value is -1.55. The molecule has 2 heterocycles. The summed E-state index contributed by atoms with van der Waals surface area (Å²) in [5.74, 6) is 1.03. The first-order chi connectivity index (χ1) is 8.43. The zero-order valence-electron chi connectivity index (χ0n) is 9.85. The molecule has 2 aliphatic heterocycles. The van der Waals surface area contributed by atoms with Crippen molar-refractivity contribution in [2.45, 2.75) is 0 Å². The Labute approximate surface area is 101 Å². The van der Waals surface area contributed by atoms with Gasteiger partial charge in [0.2, 0.25) is 0 Å². The number of anilines is 1. The Morgan fingerprint density at radius 2 is 1.88 bits per heavy atom. The van der Waals surface area contributed by atoms with Crippen molar-refractivity contribution in [3.63, 3.8) is 0 Å². The molecule has 1 fully saturated rings. The van der Waals surface area contributed by atoms with E-state index in [4.69, 9.17) is 4.74 Å². The van der Waals surface area contributed by atoms with Gasteiger partial charge in [0.1, 0.15) is 5.84 Å². The number of nitrogens with zero attached hydrogens (tertiary/aromatic N) is 2. The SMILES string of the molecule is c1cc(N2CCOCC2)ccc1C1=NCCN1. The Bertz CT molecular complexity index is 407. The van der Waals surface area contributed by atoms with E-state index in [0.29, 0.717) is 0 Å². The number of ether oxygens (including phenoxy) is 1. The van der Waals surface area contributed by atoms with Gasteiger partial charge in [-0.05, 0) is 24.3 Å². The van der Waals surface area contributed by atoms with E-state index in [1.807, 2.05) is 0 Å². The standard InChI is InChI=1S/C13H17N3O/c1-3-12(16-7-9-17-10-8-16)4-2-11(1)13-14-5-6-15-13/h1-4H,5-10H2,(H,14,15). The van der Waals surface area contributed by atoms with Crippen LogP contribution in [-0.2, 0) is 4.74 Å². The Morgan fingerprint density at radius 1 is 1.12 bits per heavy atom. The molecular formula is C13H17N3O. The Morgan fingerprint density at radius 3 is 2.53 bits per heavy atom. The van der Waals surface area contributed by atoms with Crippen LogP contribution in [0.4, 0.5) is 5.69 Å². The highest BCUT2D eigenvalue weighted by atomic mass is 16.5. The van der Waals surface area contributed by atoms with Crippen LogP contribution in [0.3, 0.4) is 0 Å². The molecule has 4 heteroatoms. The van der Waals surface area contributed by atoms with Crippen molar-refractivity contribution in [2.24, 2.45) is 4.99 Å². The number of aliphatic imine (C=N–C) groups is 1. The molecule has 1 aromatic carbocycles. The van der Waals surface area contributed by atoms with Crippen LogP contribution in [0.5, 0.6) is 0 Å². The molecule has 0 saturated carbocycles. The number of morpholine rings is 1. The number of hydrogen-bond acceptors (Lipinski definition) is 4. The van der Waals surface area contributed by atoms with Crippen LogP contribution >= 0.6 is 0 Å². The molecule has 4 nitrogen and oxygen atoms in total. The quantitative estimate of drug-likeness (QED) is 0.820. The van der Waals surface area contributed by atoms with Crippen LogP contribution in [-0.4, -0.2) is 45.2 Å². The molecule has 1 aromatic rings. The molecule has 0 amide bonds. The molecule has 0 aliphatic carbocycles. The van der Waals surface area contributed by atoms with Crippen LogP contribution in [0, 0.1) is 0 Å². The van der Waals surface area contributed by atoms with Gasteiger partial charge in [-0.2, -0.15) is 0 Å². The van der Waals surface area contributed by atoms with Crippen LogP contribution < -0.4 is 10.2 Å². The highest BCUT2D eigenvalue weighted by molar-refractivity contribution is 5.99. The maximum atomic E-state index is 5.36. The Balaban J connectivity index is 1.75. The van der Waals surface area contributed by atoms with Crippen molar-refractivity contribution in [2.75, 3.05) is 44.3 Å². The van der Waals surface area contributed by atoms with E-state index >= 15 is 0 Å². The third-order valence-electron chi connectivity index (χ3n) is 3.19. The van der Waals surface area contributed by atoms with Crippen molar-refractivity contribution < 1.29 is 4.74 Å². The summed E-state index contributed by atoms with van der Waals surface area (Å²) < 4.78 is 5.36. The predicted molar refractivity (Wildman–Crippen MR) is 68.9 cm³/mol. The maximum absolute atomic E-state index is 5.36. The van der Waals surface area contributed by atoms with Crippen LogP contribution in [0.25, 0.3) is 0 Å². The minimum atomic E-state index is 0.829. The maximum Gasteiger partial charge on any atom is 0.128 e. The summed E-state index contributed by atoms with van der Waals surface area (Å²) in [5.41, 5.74) is 2.45. The van der Waals surface area contributed by atoms with E-state index in [-0.39, 0.29) is 0 Å². The third kappa shape index (κ3) is 2.26. The van der Waals surface area contributed by atoms with Gasteiger partial charge in [-0.3, -0.25) is 4.99 Å². The first kappa shape index (κ1) is 10.6. The van der Waals surface area contributed by atoms with E-state index in [1.165, 1.54) is 11.3 Å². The summed E-state index contributed by atoms with van der Waals surface area (Å²) >= 11 is 0. The van der Waals surface area contributed by atoms with Crippen LogP contribution in [0.15, 0.2) is 29.3 Å². The smallest absolute Gasteiger partial charge is 0.128 e. The molecule has 0 bridgehead atoms. The van der Waals surface area contributed by atoms with Crippen LogP contribution in [0.1, 0.15) is 5.56 Å². The molecule has 90 valence electrons. The number of hydrogen-bond donors (Lipinski definition) is 1. The summed E-state index contributed by atoms with van der Waals surface area (Å²) in [7, 11) is 0. The normalized spacial score (nSPS) is 20.0. The largest absolute Gasteiger partial charge is 0.378 e. The molecule has 0 spiro atoms. The molecular weight excluding hydrogens is 214 g/mol. The number of nitrogens with one attached hydrogen (secondary N) is 1. The molecule has 3 rings (SSSR count). The summed E-state index contributed by atoms with van der Waals surface area (Å²) in [5, 5.41) is 3.29. The van der Waals surface area contributed by atoms with Crippen molar-refractivity contribution >= 4 is 11.5 Å². The molecule has 0 atom stereocenters. The fraction of sp³-hybridized carbons (Fsp3) is 0.462. The zero-order chi connectivity index (χ0) is 11.5. The summed E-state index contributed by atoms with van der Waals surface area (Å²) in [4.78, 5) is 6.78. The van der Waals surface area contributed by atoms with Gasteiger partial charge in [0.05, 0.1) is 19.8 Å². The lowest BCUT2D eigenvalue weighted by molar-refractivity contribution is 0.122. The second kappa shape index (κ2) is 4.75. The van der Waals surface area contributed by atoms with E-state index in [2.05, 4.69) is 39.5 Å². The lowest BCUT2D eigenvalue weighted by Crippen LogP contribution is -2.36. The van der Waals surface area contributed by atoms with Gasteiger partial charge in [0.25, 0.3) is 0 Å². The van der Waals surface area contributed by atoms with E-state index in [0.717, 1.165) is 45.2 Å². The average molecular weight is 231 g/mol. The number of benzene rings is 1. The minimum Gasteiger partial charge on any atom is -0.378 e. The summed E-state index contributed by atoms with van der Waals surface area (Å²) in [6.45, 7) is 5.48. The van der Waals surface area contributed by atoms with E-state index < -0.39 is 0 Å². The van der Waals surface area contributed by atoms with E-state index in [9.17, 15) is 0 Å². The van der Waals surface area contributed by atoms with Crippen LogP contribution in [0.2, 0.25) is 0 Å². The van der Waals surface area contributed by atoms with Gasteiger partial charge >= 0.3 is 0 Å². The second-order valence-corrected chi connectivity index (χ2v) is 4.30. The molecule has 0 radical (unpaired) electrons. The van der Waals surface area contributed by atoms with Gasteiger partial charge in [-0.15, -0.1) is 0 Å². The first-order valence-electron chi connectivity index (χ1n) is 6.15. The average Bonchev–Trinajstić information content (AvgIpc) is 2.94. The summed E-state index contributed by atoms with van der Waals surface area (Å²) in [6, 6.07) is 8.62. The highest BCUT2D eigenvalue weighted by Crippen LogP contribution is 2.17. The first-order valence-corrected chi connectivity index (χ1v) is 6.15. The van der Waals surface area contributed by atoms with Gasteiger partial charge in [-0.1, -0.05) is 0 Å². The highest BCUT2D eigenvalue weighted by Gasteiger charge is 2.12. The van der Waals surface area contributed by atoms with Crippen molar-refractivity contribution in [3.8, 4) is 0 Å². The van der Waals surface area contributed by atoms with Crippen molar-refractivity contribution in [1.82, 2.24) is 5.32 Å². The minimum absolute atomic E-state index is 0.829. The van der Waals surface area contributed by atoms with E-state index in [1.54, 1.807) is 0 Å². The molecule has 0 unspecified atom stereocenters. The molecule has 1 saturated heterocycles. The molecule has 17 heavy (non-hydrogen) atoms. The summed E-state index contributed by atoms with van der Waals surface area (Å²) in [6.07, 6.45) is 0. The van der Waals surface area contributed by atoms with Gasteiger partial charge in [0, 0.05) is 30.9 Å². The monoisotopic (exact) mass is 231 g/mol.